The molecule has 0 radical (unpaired) electrons. The van der Waals surface area contributed by atoms with E-state index in [4.69, 9.17) is 17.0 Å². The number of nitrogen functional groups attached to an aromatic ring is 1. The molecule has 0 spiro atoms. The van der Waals surface area contributed by atoms with E-state index in [9.17, 15) is 19.5 Å². The van der Waals surface area contributed by atoms with Gasteiger partial charge in [0.1, 0.15) is 22.8 Å². The zero-order chi connectivity index (χ0) is 21.1. The van der Waals surface area contributed by atoms with Crippen molar-refractivity contribution in [3.8, 4) is 12.3 Å². The number of terminal acetylenes is 1. The fourth-order valence-corrected chi connectivity index (χ4v) is 4.63. The van der Waals surface area contributed by atoms with Gasteiger partial charge < -0.3 is 21.0 Å². The maximum atomic E-state index is 12.7. The van der Waals surface area contributed by atoms with Gasteiger partial charge >= 0.3 is 5.97 Å². The summed E-state index contributed by atoms with van der Waals surface area (Å²) in [5, 5.41) is 16.9. The normalized spacial score (nSPS) is 21.0. The van der Waals surface area contributed by atoms with Crippen LogP contribution in [0.2, 0.25) is 0 Å². The van der Waals surface area contributed by atoms with Gasteiger partial charge in [-0.2, -0.15) is 0 Å². The van der Waals surface area contributed by atoms with Crippen LogP contribution in [-0.4, -0.2) is 62.3 Å². The fraction of sp³-hybridized carbons (Fsp3) is 0.235. The average Bonchev–Trinajstić information content (AvgIpc) is 3.13. The maximum Gasteiger partial charge on any atom is 0.352 e. The van der Waals surface area contributed by atoms with Crippen molar-refractivity contribution < 1.29 is 24.3 Å². The Morgan fingerprint density at radius 1 is 1.62 bits per heavy atom. The summed E-state index contributed by atoms with van der Waals surface area (Å²) in [7, 11) is 0. The molecule has 1 aromatic heterocycles. The summed E-state index contributed by atoms with van der Waals surface area (Å²) in [4.78, 5) is 46.9. The van der Waals surface area contributed by atoms with Gasteiger partial charge in [0, 0.05) is 11.1 Å². The second-order valence-corrected chi connectivity index (χ2v) is 7.73. The molecule has 2 aliphatic heterocycles. The number of rotatable bonds is 7. The number of carboxylic acid groups (broad SMARTS) is 1. The molecule has 3 heterocycles. The predicted octanol–water partition coefficient (Wildman–Crippen LogP) is 0.00380. The van der Waals surface area contributed by atoms with E-state index >= 15 is 0 Å². The lowest BCUT2D eigenvalue weighted by Gasteiger charge is -2.49. The number of carbonyl (C=O) groups excluding carboxylic acids is 2. The molecule has 0 aliphatic carbocycles. The lowest BCUT2D eigenvalue weighted by molar-refractivity contribution is -0.150. The van der Waals surface area contributed by atoms with Crippen LogP contribution in [0.4, 0.5) is 5.13 Å². The van der Waals surface area contributed by atoms with E-state index in [1.807, 2.05) is 0 Å². The van der Waals surface area contributed by atoms with Crippen molar-refractivity contribution in [3.63, 3.8) is 0 Å². The predicted molar refractivity (Wildman–Crippen MR) is 108 cm³/mol. The monoisotopic (exact) mass is 433 g/mol. The van der Waals surface area contributed by atoms with Crippen LogP contribution >= 0.6 is 23.1 Å². The minimum atomic E-state index is -1.23. The molecule has 2 atom stereocenters. The number of oxime groups is 1. The number of nitrogens with one attached hydrogen (secondary N) is 1. The van der Waals surface area contributed by atoms with Crippen molar-refractivity contribution in [2.75, 3.05) is 18.1 Å². The Hall–Kier alpha value is -3.30. The van der Waals surface area contributed by atoms with Crippen molar-refractivity contribution in [3.05, 3.63) is 35.0 Å². The van der Waals surface area contributed by atoms with Gasteiger partial charge in [-0.3, -0.25) is 14.5 Å². The van der Waals surface area contributed by atoms with Gasteiger partial charge in [-0.15, -0.1) is 29.5 Å². The van der Waals surface area contributed by atoms with Gasteiger partial charge in [0.25, 0.3) is 11.8 Å². The standard InChI is InChI=1S/C17H15N5O5S2/c1-3-5-27-21-10(9-7-29-17(18)19-9)13(23)20-11-14(24)22-12(16(25)26)8(4-2)6-28-15(11)22/h1,4,7,11,15H,2,5-6H2,(H2,18,19)(H,20,23)(H,25,26)/b21-10-/t11?,15-/m1/s1. The van der Waals surface area contributed by atoms with Crippen molar-refractivity contribution >= 4 is 51.7 Å². The van der Waals surface area contributed by atoms with Gasteiger partial charge in [0.05, 0.1) is 0 Å². The van der Waals surface area contributed by atoms with Crippen molar-refractivity contribution in [1.82, 2.24) is 15.2 Å². The molecule has 1 fully saturated rings. The molecule has 0 aromatic carbocycles. The zero-order valence-electron chi connectivity index (χ0n) is 14.8. The minimum Gasteiger partial charge on any atom is -0.477 e. The molecule has 10 nitrogen and oxygen atoms in total. The van der Waals surface area contributed by atoms with E-state index < -0.39 is 29.2 Å². The van der Waals surface area contributed by atoms with E-state index in [1.54, 1.807) is 0 Å². The number of nitrogens with two attached hydrogens (primary N) is 1. The third-order valence-electron chi connectivity index (χ3n) is 4.02. The molecule has 3 rings (SSSR count). The Kier molecular flexibility index (Phi) is 5.90. The van der Waals surface area contributed by atoms with Crippen LogP contribution < -0.4 is 11.1 Å². The average molecular weight is 433 g/mol. The Balaban J connectivity index is 1.80. The number of nitrogens with zero attached hydrogens (tertiary/aromatic N) is 3. The molecule has 1 saturated heterocycles. The van der Waals surface area contributed by atoms with Crippen molar-refractivity contribution in [1.29, 1.82) is 0 Å². The number of amides is 2. The fourth-order valence-electron chi connectivity index (χ4n) is 2.74. The van der Waals surface area contributed by atoms with Crippen LogP contribution in [0.25, 0.3) is 0 Å². The number of carbonyl (C=O) groups is 3. The number of aromatic nitrogens is 1. The van der Waals surface area contributed by atoms with E-state index in [2.05, 4.69) is 28.0 Å². The van der Waals surface area contributed by atoms with Crippen LogP contribution in [-0.2, 0) is 19.2 Å². The topological polar surface area (TPSA) is 147 Å². The van der Waals surface area contributed by atoms with Crippen LogP contribution in [0.15, 0.2) is 34.5 Å². The molecule has 12 heteroatoms. The first-order valence-corrected chi connectivity index (χ1v) is 10.0. The number of hydrogen-bond acceptors (Lipinski definition) is 9. The Morgan fingerprint density at radius 3 is 2.97 bits per heavy atom. The third kappa shape index (κ3) is 3.82. The first-order valence-electron chi connectivity index (χ1n) is 8.08. The molecular formula is C17H15N5O5S2. The Morgan fingerprint density at radius 2 is 2.38 bits per heavy atom. The second kappa shape index (κ2) is 8.38. The largest absolute Gasteiger partial charge is 0.477 e. The maximum absolute atomic E-state index is 12.7. The molecular weight excluding hydrogens is 418 g/mol. The number of β-lactam (4-membered cyclic amide) rings is 1. The highest BCUT2D eigenvalue weighted by Crippen LogP contribution is 2.40. The van der Waals surface area contributed by atoms with E-state index in [0.29, 0.717) is 11.3 Å². The molecule has 0 bridgehead atoms. The van der Waals surface area contributed by atoms with Gasteiger partial charge in [-0.05, 0) is 5.57 Å². The summed E-state index contributed by atoms with van der Waals surface area (Å²) >= 11 is 2.42. The van der Waals surface area contributed by atoms with Gasteiger partial charge in [-0.25, -0.2) is 9.78 Å². The molecule has 29 heavy (non-hydrogen) atoms. The highest BCUT2D eigenvalue weighted by atomic mass is 32.2. The van der Waals surface area contributed by atoms with E-state index in [1.165, 1.54) is 23.2 Å². The lowest BCUT2D eigenvalue weighted by atomic mass is 10.0. The highest BCUT2D eigenvalue weighted by Gasteiger charge is 2.54. The Bertz CT molecular complexity index is 993. The van der Waals surface area contributed by atoms with E-state index in [0.717, 1.165) is 16.2 Å². The number of carboxylic acids is 1. The van der Waals surface area contributed by atoms with Crippen LogP contribution in [0.1, 0.15) is 5.69 Å². The number of thioether (sulfide) groups is 1. The van der Waals surface area contributed by atoms with Crippen molar-refractivity contribution in [2.45, 2.75) is 11.4 Å². The highest BCUT2D eigenvalue weighted by molar-refractivity contribution is 8.00. The first-order chi connectivity index (χ1) is 13.9. The minimum absolute atomic E-state index is 0.127. The quantitative estimate of drug-likeness (QED) is 0.179. The van der Waals surface area contributed by atoms with Crippen molar-refractivity contribution in [2.24, 2.45) is 5.16 Å². The number of thiazole rings is 1. The number of allylic oxidation sites excluding steroid dienone is 1. The summed E-state index contributed by atoms with van der Waals surface area (Å²) in [6, 6.07) is -0.929. The molecule has 2 aliphatic rings. The van der Waals surface area contributed by atoms with Crippen LogP contribution in [0.3, 0.4) is 0 Å². The lowest BCUT2D eigenvalue weighted by Crippen LogP contribution is -2.71. The van der Waals surface area contributed by atoms with Gasteiger partial charge in [0.15, 0.2) is 17.5 Å². The SMILES string of the molecule is C#CCO/N=C(\C(=O)NC1C(=O)N2C(C(=O)O)=C(C=C)CS[C@H]12)c1csc(N)n1. The molecule has 4 N–H and O–H groups in total. The van der Waals surface area contributed by atoms with E-state index in [-0.39, 0.29) is 28.8 Å². The molecule has 1 aromatic rings. The van der Waals surface area contributed by atoms with Gasteiger partial charge in [-0.1, -0.05) is 23.7 Å². The number of fused-ring (bicyclic) bond motifs is 1. The first kappa shape index (κ1) is 20.4. The van der Waals surface area contributed by atoms with Gasteiger partial charge in [0.2, 0.25) is 0 Å². The molecule has 1 unspecified atom stereocenters. The molecule has 2 amide bonds. The van der Waals surface area contributed by atoms with Crippen LogP contribution in [0.5, 0.6) is 0 Å². The summed E-state index contributed by atoms with van der Waals surface area (Å²) < 4.78 is 0. The number of aliphatic carboxylic acids is 1. The zero-order valence-corrected chi connectivity index (χ0v) is 16.5. The summed E-state index contributed by atoms with van der Waals surface area (Å²) in [5.74, 6) is 0.0641. The smallest absolute Gasteiger partial charge is 0.352 e. The molecule has 150 valence electrons. The van der Waals surface area contributed by atoms with Crippen LogP contribution in [0, 0.1) is 12.3 Å². The summed E-state index contributed by atoms with van der Waals surface area (Å²) in [5.41, 5.74) is 5.90. The summed E-state index contributed by atoms with van der Waals surface area (Å²) in [6.07, 6.45) is 6.51. The number of anilines is 1. The second-order valence-electron chi connectivity index (χ2n) is 5.73. The number of hydrogen-bond donors (Lipinski definition) is 3. The Labute approximate surface area is 173 Å². The summed E-state index contributed by atoms with van der Waals surface area (Å²) in [6.45, 7) is 3.42. The molecule has 0 saturated carbocycles. The third-order valence-corrected chi connectivity index (χ3v) is 5.99.